The van der Waals surface area contributed by atoms with E-state index in [1.807, 2.05) is 26.0 Å². The molecule has 172 valence electrons. The Bertz CT molecular complexity index is 785. The van der Waals surface area contributed by atoms with Gasteiger partial charge in [0.25, 0.3) is 0 Å². The molecule has 0 radical (unpaired) electrons. The minimum atomic E-state index is -0.702. The average Bonchev–Trinajstić information content (AvgIpc) is 2.70. The molecule has 4 heteroatoms. The first-order chi connectivity index (χ1) is 14.7. The summed E-state index contributed by atoms with van der Waals surface area (Å²) < 4.78 is 0. The van der Waals surface area contributed by atoms with Crippen LogP contribution in [0.25, 0.3) is 0 Å². The van der Waals surface area contributed by atoms with Crippen molar-refractivity contribution in [3.8, 4) is 23.0 Å². The van der Waals surface area contributed by atoms with Crippen LogP contribution in [0.4, 0.5) is 0 Å². The number of unbranched alkanes of at least 4 members (excludes halogenated alkanes) is 6. The molecule has 0 atom stereocenters. The summed E-state index contributed by atoms with van der Waals surface area (Å²) in [6, 6.07) is 6.55. The second-order valence-electron chi connectivity index (χ2n) is 9.24. The predicted octanol–water partition coefficient (Wildman–Crippen LogP) is 7.08. The van der Waals surface area contributed by atoms with E-state index >= 15 is 0 Å². The summed E-state index contributed by atoms with van der Waals surface area (Å²) in [5.41, 5.74) is 2.25. The number of hydrogen-bond donors (Lipinski definition) is 4. The SMILES string of the molecule is CCCCCCc1cc(C(C)(C)c2cc(CCCCCC)c(O)cc2O)c(O)cc1O. The van der Waals surface area contributed by atoms with E-state index in [4.69, 9.17) is 0 Å². The maximum absolute atomic E-state index is 10.6. The van der Waals surface area contributed by atoms with Crippen LogP contribution in [0, 0.1) is 0 Å². The number of phenols is 4. The zero-order valence-corrected chi connectivity index (χ0v) is 19.7. The zero-order valence-electron chi connectivity index (χ0n) is 19.7. The molecule has 0 aliphatic carbocycles. The lowest BCUT2D eigenvalue weighted by molar-refractivity contribution is 0.418. The molecule has 0 fully saturated rings. The summed E-state index contributed by atoms with van der Waals surface area (Å²) in [6.07, 6.45) is 10.3. The van der Waals surface area contributed by atoms with Crippen LogP contribution in [-0.2, 0) is 18.3 Å². The van der Waals surface area contributed by atoms with Crippen molar-refractivity contribution in [3.63, 3.8) is 0 Å². The van der Waals surface area contributed by atoms with Gasteiger partial charge in [0.1, 0.15) is 23.0 Å². The summed E-state index contributed by atoms with van der Waals surface area (Å²) in [4.78, 5) is 0. The van der Waals surface area contributed by atoms with Gasteiger partial charge in [0, 0.05) is 28.7 Å². The van der Waals surface area contributed by atoms with E-state index in [2.05, 4.69) is 13.8 Å². The van der Waals surface area contributed by atoms with E-state index in [1.165, 1.54) is 25.0 Å². The van der Waals surface area contributed by atoms with Crippen molar-refractivity contribution in [2.45, 2.75) is 97.3 Å². The monoisotopic (exact) mass is 428 g/mol. The molecular formula is C27H40O4. The molecule has 0 heterocycles. The molecule has 0 spiro atoms. The van der Waals surface area contributed by atoms with Crippen molar-refractivity contribution < 1.29 is 20.4 Å². The van der Waals surface area contributed by atoms with Crippen molar-refractivity contribution >= 4 is 0 Å². The van der Waals surface area contributed by atoms with E-state index < -0.39 is 5.41 Å². The Kier molecular flexibility index (Phi) is 9.09. The van der Waals surface area contributed by atoms with Gasteiger partial charge in [-0.15, -0.1) is 0 Å². The van der Waals surface area contributed by atoms with Gasteiger partial charge >= 0.3 is 0 Å². The van der Waals surface area contributed by atoms with Crippen LogP contribution in [-0.4, -0.2) is 20.4 Å². The Morgan fingerprint density at radius 3 is 1.29 bits per heavy atom. The van der Waals surface area contributed by atoms with E-state index in [-0.39, 0.29) is 23.0 Å². The topological polar surface area (TPSA) is 80.9 Å². The summed E-state index contributed by atoms with van der Waals surface area (Å²) in [5, 5.41) is 42.0. The molecule has 0 aliphatic rings. The number of hydrogen-bond acceptors (Lipinski definition) is 4. The van der Waals surface area contributed by atoms with E-state index in [0.29, 0.717) is 11.1 Å². The van der Waals surface area contributed by atoms with Crippen molar-refractivity contribution in [2.24, 2.45) is 0 Å². The third kappa shape index (κ3) is 6.32. The highest BCUT2D eigenvalue weighted by Gasteiger charge is 2.31. The molecule has 2 aromatic carbocycles. The zero-order chi connectivity index (χ0) is 23.0. The Balaban J connectivity index is 2.37. The molecule has 0 amide bonds. The van der Waals surface area contributed by atoms with Crippen molar-refractivity contribution in [1.82, 2.24) is 0 Å². The third-order valence-corrected chi connectivity index (χ3v) is 6.34. The lowest BCUT2D eigenvalue weighted by atomic mass is 9.75. The van der Waals surface area contributed by atoms with E-state index in [0.717, 1.165) is 62.5 Å². The molecule has 0 bridgehead atoms. The first-order valence-corrected chi connectivity index (χ1v) is 11.8. The van der Waals surface area contributed by atoms with Crippen LogP contribution < -0.4 is 0 Å². The Labute approximate surface area is 187 Å². The fraction of sp³-hybridized carbons (Fsp3) is 0.556. The summed E-state index contributed by atoms with van der Waals surface area (Å²) in [7, 11) is 0. The predicted molar refractivity (Wildman–Crippen MR) is 127 cm³/mol. The first kappa shape index (κ1) is 24.9. The Morgan fingerprint density at radius 1 is 0.548 bits per heavy atom. The smallest absolute Gasteiger partial charge is 0.123 e. The third-order valence-electron chi connectivity index (χ3n) is 6.34. The lowest BCUT2D eigenvalue weighted by Crippen LogP contribution is -2.20. The fourth-order valence-corrected chi connectivity index (χ4v) is 4.28. The number of benzene rings is 2. The minimum Gasteiger partial charge on any atom is -0.508 e. The summed E-state index contributed by atoms with van der Waals surface area (Å²) in [5.74, 6) is 0.244. The van der Waals surface area contributed by atoms with Gasteiger partial charge in [-0.2, -0.15) is 0 Å². The minimum absolute atomic E-state index is 0.0109. The van der Waals surface area contributed by atoms with Crippen LogP contribution in [0.5, 0.6) is 23.0 Å². The molecule has 2 aromatic rings. The number of phenolic OH excluding ortho intramolecular Hbond substituents is 4. The van der Waals surface area contributed by atoms with Gasteiger partial charge in [0.05, 0.1) is 0 Å². The standard InChI is InChI=1S/C27H40O4/c1-5-7-9-11-13-19-15-21(25(30)17-23(19)28)27(3,4)22-16-20(14-12-10-8-6-2)24(29)18-26(22)31/h15-18,28-31H,5-14H2,1-4H3. The Morgan fingerprint density at radius 2 is 0.935 bits per heavy atom. The van der Waals surface area contributed by atoms with Gasteiger partial charge < -0.3 is 20.4 Å². The molecule has 4 nitrogen and oxygen atoms in total. The maximum atomic E-state index is 10.6. The van der Waals surface area contributed by atoms with Crippen molar-refractivity contribution in [1.29, 1.82) is 0 Å². The Hall–Kier alpha value is -2.36. The molecular weight excluding hydrogens is 388 g/mol. The quantitative estimate of drug-likeness (QED) is 0.272. The fourth-order valence-electron chi connectivity index (χ4n) is 4.28. The average molecular weight is 429 g/mol. The molecule has 0 unspecified atom stereocenters. The molecule has 0 saturated heterocycles. The molecule has 4 N–H and O–H groups in total. The number of rotatable bonds is 12. The number of aromatic hydroxyl groups is 4. The molecule has 0 saturated carbocycles. The second kappa shape index (κ2) is 11.3. The van der Waals surface area contributed by atoms with E-state index in [1.54, 1.807) is 0 Å². The van der Waals surface area contributed by atoms with Gasteiger partial charge in [-0.1, -0.05) is 66.2 Å². The number of aryl methyl sites for hydroxylation is 2. The van der Waals surface area contributed by atoms with Crippen LogP contribution in [0.3, 0.4) is 0 Å². The highest BCUT2D eigenvalue weighted by Crippen LogP contribution is 2.44. The van der Waals surface area contributed by atoms with Gasteiger partial charge in [0.2, 0.25) is 0 Å². The van der Waals surface area contributed by atoms with Crippen LogP contribution in [0.1, 0.15) is 101 Å². The maximum Gasteiger partial charge on any atom is 0.123 e. The second-order valence-corrected chi connectivity index (χ2v) is 9.24. The largest absolute Gasteiger partial charge is 0.508 e. The normalized spacial score (nSPS) is 11.7. The molecule has 0 aromatic heterocycles. The van der Waals surface area contributed by atoms with Crippen molar-refractivity contribution in [3.05, 3.63) is 46.5 Å². The van der Waals surface area contributed by atoms with Gasteiger partial charge in [-0.05, 0) is 48.9 Å². The van der Waals surface area contributed by atoms with Crippen LogP contribution >= 0.6 is 0 Å². The summed E-state index contributed by atoms with van der Waals surface area (Å²) in [6.45, 7) is 8.24. The van der Waals surface area contributed by atoms with E-state index in [9.17, 15) is 20.4 Å². The van der Waals surface area contributed by atoms with Gasteiger partial charge in [-0.3, -0.25) is 0 Å². The molecule has 2 rings (SSSR count). The lowest BCUT2D eigenvalue weighted by Gasteiger charge is -2.29. The van der Waals surface area contributed by atoms with Gasteiger partial charge in [-0.25, -0.2) is 0 Å². The van der Waals surface area contributed by atoms with Gasteiger partial charge in [0.15, 0.2) is 0 Å². The highest BCUT2D eigenvalue weighted by molar-refractivity contribution is 5.56. The van der Waals surface area contributed by atoms with Crippen LogP contribution in [0.2, 0.25) is 0 Å². The molecule has 0 aliphatic heterocycles. The first-order valence-electron chi connectivity index (χ1n) is 11.8. The van der Waals surface area contributed by atoms with Crippen molar-refractivity contribution in [2.75, 3.05) is 0 Å². The molecule has 31 heavy (non-hydrogen) atoms. The van der Waals surface area contributed by atoms with Crippen LogP contribution in [0.15, 0.2) is 24.3 Å². The highest BCUT2D eigenvalue weighted by atomic mass is 16.3. The summed E-state index contributed by atoms with van der Waals surface area (Å²) >= 11 is 0.